The monoisotopic (exact) mass is 219 g/mol. The number of nitrogens with zero attached hydrogens (tertiary/aromatic N) is 3. The van der Waals surface area contributed by atoms with Gasteiger partial charge < -0.3 is 0 Å². The van der Waals surface area contributed by atoms with Crippen molar-refractivity contribution in [3.05, 3.63) is 60.6 Å². The Labute approximate surface area is 98.6 Å². The van der Waals surface area contributed by atoms with E-state index in [2.05, 4.69) is 11.1 Å². The van der Waals surface area contributed by atoms with E-state index in [1.54, 1.807) is 6.33 Å². The largest absolute Gasteiger partial charge is 0.299 e. The maximum Gasteiger partial charge on any atom is 0.0997 e. The van der Waals surface area contributed by atoms with Crippen molar-refractivity contribution >= 4 is 5.52 Å². The standard InChI is InChI=1S/C14H9N3/c15-8-11-4-6-12(7-5-11)14-3-1-2-13-9-16-10-17(13)14/h1-7,9-10H. The predicted molar refractivity (Wildman–Crippen MR) is 65.3 cm³/mol. The number of hydrogen-bond donors (Lipinski definition) is 0. The Morgan fingerprint density at radius 2 is 1.88 bits per heavy atom. The molecular weight excluding hydrogens is 210 g/mol. The molecule has 1 aromatic carbocycles. The summed E-state index contributed by atoms with van der Waals surface area (Å²) in [6.45, 7) is 0. The fraction of sp³-hybridized carbons (Fsp3) is 0. The molecule has 0 bridgehead atoms. The van der Waals surface area contributed by atoms with Crippen LogP contribution in [-0.4, -0.2) is 9.38 Å². The minimum atomic E-state index is 0.673. The second kappa shape index (κ2) is 3.76. The molecule has 0 fully saturated rings. The van der Waals surface area contributed by atoms with Gasteiger partial charge >= 0.3 is 0 Å². The van der Waals surface area contributed by atoms with Crippen LogP contribution < -0.4 is 0 Å². The van der Waals surface area contributed by atoms with Crippen molar-refractivity contribution < 1.29 is 0 Å². The fourth-order valence-electron chi connectivity index (χ4n) is 1.90. The molecule has 3 rings (SSSR count). The van der Waals surface area contributed by atoms with E-state index in [4.69, 9.17) is 5.26 Å². The molecule has 3 nitrogen and oxygen atoms in total. The first-order chi connectivity index (χ1) is 8.38. The average molecular weight is 219 g/mol. The first-order valence-electron chi connectivity index (χ1n) is 5.30. The highest BCUT2D eigenvalue weighted by molar-refractivity contribution is 5.65. The lowest BCUT2D eigenvalue weighted by molar-refractivity contribution is 1.16. The topological polar surface area (TPSA) is 41.1 Å². The number of pyridine rings is 1. The molecule has 0 amide bonds. The Kier molecular flexibility index (Phi) is 2.13. The van der Waals surface area contributed by atoms with Crippen molar-refractivity contribution in [3.8, 4) is 17.3 Å². The van der Waals surface area contributed by atoms with Crippen LogP contribution >= 0.6 is 0 Å². The first-order valence-corrected chi connectivity index (χ1v) is 5.30. The molecule has 0 aliphatic carbocycles. The van der Waals surface area contributed by atoms with Gasteiger partial charge in [-0.25, -0.2) is 4.98 Å². The van der Waals surface area contributed by atoms with E-state index < -0.39 is 0 Å². The third-order valence-corrected chi connectivity index (χ3v) is 2.76. The number of nitriles is 1. The van der Waals surface area contributed by atoms with Gasteiger partial charge in [0.15, 0.2) is 0 Å². The lowest BCUT2D eigenvalue weighted by Crippen LogP contribution is -1.89. The number of fused-ring (bicyclic) bond motifs is 1. The van der Waals surface area contributed by atoms with E-state index in [1.165, 1.54) is 0 Å². The zero-order valence-electron chi connectivity index (χ0n) is 9.04. The van der Waals surface area contributed by atoms with Gasteiger partial charge in [0, 0.05) is 0 Å². The van der Waals surface area contributed by atoms with Crippen molar-refractivity contribution in [2.24, 2.45) is 0 Å². The van der Waals surface area contributed by atoms with Crippen LogP contribution in [0.5, 0.6) is 0 Å². The molecular formula is C14H9N3. The number of aromatic nitrogens is 2. The Bertz CT molecular complexity index is 702. The van der Waals surface area contributed by atoms with E-state index >= 15 is 0 Å². The molecule has 0 aliphatic rings. The Morgan fingerprint density at radius 3 is 2.65 bits per heavy atom. The summed E-state index contributed by atoms with van der Waals surface area (Å²) in [5, 5.41) is 8.77. The molecule has 80 valence electrons. The molecule has 0 atom stereocenters. The van der Waals surface area contributed by atoms with Gasteiger partial charge in [-0.3, -0.25) is 4.40 Å². The Hall–Kier alpha value is -2.60. The number of hydrogen-bond acceptors (Lipinski definition) is 2. The summed E-state index contributed by atoms with van der Waals surface area (Å²) in [4.78, 5) is 4.13. The van der Waals surface area contributed by atoms with Crippen molar-refractivity contribution in [1.82, 2.24) is 9.38 Å². The van der Waals surface area contributed by atoms with Crippen LogP contribution in [0.2, 0.25) is 0 Å². The van der Waals surface area contributed by atoms with Gasteiger partial charge in [-0.05, 0) is 29.8 Å². The van der Waals surface area contributed by atoms with Crippen LogP contribution in [0, 0.1) is 11.3 Å². The zero-order chi connectivity index (χ0) is 11.7. The van der Waals surface area contributed by atoms with E-state index in [9.17, 15) is 0 Å². The summed E-state index contributed by atoms with van der Waals surface area (Å²) >= 11 is 0. The summed E-state index contributed by atoms with van der Waals surface area (Å²) in [5.41, 5.74) is 3.88. The quantitative estimate of drug-likeness (QED) is 0.631. The van der Waals surface area contributed by atoms with Gasteiger partial charge in [0.05, 0.1) is 35.4 Å². The van der Waals surface area contributed by atoms with Gasteiger partial charge in [0.25, 0.3) is 0 Å². The van der Waals surface area contributed by atoms with Crippen molar-refractivity contribution in [2.75, 3.05) is 0 Å². The second-order valence-corrected chi connectivity index (χ2v) is 3.79. The summed E-state index contributed by atoms with van der Waals surface area (Å²) in [6.07, 6.45) is 3.62. The molecule has 2 heterocycles. The summed E-state index contributed by atoms with van der Waals surface area (Å²) in [7, 11) is 0. The van der Waals surface area contributed by atoms with Gasteiger partial charge in [-0.15, -0.1) is 0 Å². The van der Waals surface area contributed by atoms with Crippen LogP contribution in [0.3, 0.4) is 0 Å². The summed E-state index contributed by atoms with van der Waals surface area (Å²) < 4.78 is 2.03. The maximum absolute atomic E-state index is 8.77. The minimum Gasteiger partial charge on any atom is -0.299 e. The molecule has 0 N–H and O–H groups in total. The molecule has 2 aromatic heterocycles. The van der Waals surface area contributed by atoms with E-state index in [1.807, 2.05) is 53.1 Å². The molecule has 0 radical (unpaired) electrons. The fourth-order valence-corrected chi connectivity index (χ4v) is 1.90. The van der Waals surface area contributed by atoms with Gasteiger partial charge in [-0.1, -0.05) is 18.2 Å². The summed E-state index contributed by atoms with van der Waals surface area (Å²) in [6, 6.07) is 15.7. The number of imidazole rings is 1. The zero-order valence-corrected chi connectivity index (χ0v) is 9.04. The average Bonchev–Trinajstić information content (AvgIpc) is 2.87. The van der Waals surface area contributed by atoms with Crippen molar-refractivity contribution in [3.63, 3.8) is 0 Å². The SMILES string of the molecule is N#Cc1ccc(-c2cccc3cncn23)cc1. The lowest BCUT2D eigenvalue weighted by atomic mass is 10.1. The molecule has 0 unspecified atom stereocenters. The van der Waals surface area contributed by atoms with Gasteiger partial charge in [0.2, 0.25) is 0 Å². The van der Waals surface area contributed by atoms with Crippen molar-refractivity contribution in [1.29, 1.82) is 5.26 Å². The first kappa shape index (κ1) is 9.61. The third kappa shape index (κ3) is 1.56. The molecule has 0 saturated heterocycles. The van der Waals surface area contributed by atoms with Gasteiger partial charge in [-0.2, -0.15) is 5.26 Å². The van der Waals surface area contributed by atoms with Crippen LogP contribution in [-0.2, 0) is 0 Å². The normalized spacial score (nSPS) is 10.3. The molecule has 0 saturated carbocycles. The predicted octanol–water partition coefficient (Wildman–Crippen LogP) is 2.87. The smallest absolute Gasteiger partial charge is 0.0997 e. The third-order valence-electron chi connectivity index (χ3n) is 2.76. The molecule has 0 spiro atoms. The maximum atomic E-state index is 8.77. The van der Waals surface area contributed by atoms with E-state index in [0.29, 0.717) is 5.56 Å². The number of rotatable bonds is 1. The number of benzene rings is 1. The van der Waals surface area contributed by atoms with Crippen LogP contribution in [0.15, 0.2) is 55.0 Å². The van der Waals surface area contributed by atoms with Crippen LogP contribution in [0.1, 0.15) is 5.56 Å². The van der Waals surface area contributed by atoms with Crippen LogP contribution in [0.4, 0.5) is 0 Å². The second-order valence-electron chi connectivity index (χ2n) is 3.79. The molecule has 0 aliphatic heterocycles. The Morgan fingerprint density at radius 1 is 1.06 bits per heavy atom. The highest BCUT2D eigenvalue weighted by atomic mass is 15.0. The van der Waals surface area contributed by atoms with E-state index in [-0.39, 0.29) is 0 Å². The minimum absolute atomic E-state index is 0.673. The van der Waals surface area contributed by atoms with Crippen LogP contribution in [0.25, 0.3) is 16.8 Å². The molecule has 17 heavy (non-hydrogen) atoms. The highest BCUT2D eigenvalue weighted by Gasteiger charge is 2.02. The van der Waals surface area contributed by atoms with Gasteiger partial charge in [0.1, 0.15) is 0 Å². The Balaban J connectivity index is 2.20. The van der Waals surface area contributed by atoms with E-state index in [0.717, 1.165) is 16.8 Å². The molecule has 3 aromatic rings. The van der Waals surface area contributed by atoms with Crippen molar-refractivity contribution in [2.45, 2.75) is 0 Å². The molecule has 3 heteroatoms. The highest BCUT2D eigenvalue weighted by Crippen LogP contribution is 2.20. The summed E-state index contributed by atoms with van der Waals surface area (Å²) in [5.74, 6) is 0. The lowest BCUT2D eigenvalue weighted by Gasteiger charge is -2.05.